The maximum atomic E-state index is 12.3. The van der Waals surface area contributed by atoms with Crippen LogP contribution in [0.2, 0.25) is 0 Å². The molecule has 3 aromatic rings. The molecule has 1 aliphatic heterocycles. The third-order valence-corrected chi connectivity index (χ3v) is 5.82. The standard InChI is InChI=1S/C27H30N2O2/c30-25(13-10-23-7-6-16-28-20-23)19-22-11-14-26(15-12-22)31-21-24-8-2-3-9-27(24)29-17-4-1-5-18-29/h2-3,6-9,11-12,14-16,20H,1,4-5,10,13,17-19,21H2. The van der Waals surface area contributed by atoms with Crippen molar-refractivity contribution in [1.29, 1.82) is 0 Å². The average Bonchev–Trinajstić information content (AvgIpc) is 2.84. The molecule has 1 fully saturated rings. The summed E-state index contributed by atoms with van der Waals surface area (Å²) in [7, 11) is 0. The molecule has 0 atom stereocenters. The molecule has 4 heteroatoms. The molecule has 1 aliphatic rings. The van der Waals surface area contributed by atoms with Gasteiger partial charge < -0.3 is 9.64 Å². The fourth-order valence-electron chi connectivity index (χ4n) is 4.09. The number of aryl methyl sites for hydroxylation is 1. The molecule has 1 saturated heterocycles. The van der Waals surface area contributed by atoms with Crippen LogP contribution < -0.4 is 9.64 Å². The molecule has 0 unspecified atom stereocenters. The number of nitrogens with zero attached hydrogens (tertiary/aromatic N) is 2. The van der Waals surface area contributed by atoms with Crippen LogP contribution >= 0.6 is 0 Å². The zero-order chi connectivity index (χ0) is 21.3. The summed E-state index contributed by atoms with van der Waals surface area (Å²) in [4.78, 5) is 18.9. The van der Waals surface area contributed by atoms with Crippen LogP contribution in [0.3, 0.4) is 0 Å². The number of piperidine rings is 1. The molecular weight excluding hydrogens is 384 g/mol. The van der Waals surface area contributed by atoms with Crippen molar-refractivity contribution in [2.24, 2.45) is 0 Å². The molecule has 4 rings (SSSR count). The van der Waals surface area contributed by atoms with Gasteiger partial charge in [0.05, 0.1) is 0 Å². The van der Waals surface area contributed by atoms with E-state index >= 15 is 0 Å². The van der Waals surface area contributed by atoms with Gasteiger partial charge in [-0.05, 0) is 61.1 Å². The molecule has 0 N–H and O–H groups in total. The summed E-state index contributed by atoms with van der Waals surface area (Å²) in [6.07, 6.45) is 9.16. The first-order valence-corrected chi connectivity index (χ1v) is 11.2. The van der Waals surface area contributed by atoms with Gasteiger partial charge in [-0.3, -0.25) is 9.78 Å². The summed E-state index contributed by atoms with van der Waals surface area (Å²) < 4.78 is 6.07. The van der Waals surface area contributed by atoms with Crippen LogP contribution in [0, 0.1) is 0 Å². The lowest BCUT2D eigenvalue weighted by atomic mass is 10.0. The van der Waals surface area contributed by atoms with Crippen LogP contribution in [-0.2, 0) is 24.2 Å². The van der Waals surface area contributed by atoms with Crippen molar-refractivity contribution in [2.75, 3.05) is 18.0 Å². The Labute approximate surface area is 184 Å². The Balaban J connectivity index is 1.29. The SMILES string of the molecule is O=C(CCc1cccnc1)Cc1ccc(OCc2ccccc2N2CCCCC2)cc1. The van der Waals surface area contributed by atoms with Gasteiger partial charge in [-0.1, -0.05) is 36.4 Å². The van der Waals surface area contributed by atoms with Gasteiger partial charge >= 0.3 is 0 Å². The Morgan fingerprint density at radius 3 is 2.48 bits per heavy atom. The minimum absolute atomic E-state index is 0.244. The number of ketones is 1. The second kappa shape index (κ2) is 10.8. The van der Waals surface area contributed by atoms with E-state index in [4.69, 9.17) is 4.74 Å². The summed E-state index contributed by atoms with van der Waals surface area (Å²) in [5, 5.41) is 0. The zero-order valence-corrected chi connectivity index (χ0v) is 18.0. The maximum Gasteiger partial charge on any atom is 0.137 e. The molecule has 0 amide bonds. The smallest absolute Gasteiger partial charge is 0.137 e. The minimum atomic E-state index is 0.244. The van der Waals surface area contributed by atoms with E-state index in [0.717, 1.165) is 36.4 Å². The molecule has 2 heterocycles. The highest BCUT2D eigenvalue weighted by Gasteiger charge is 2.14. The number of aromatic nitrogens is 1. The Kier molecular flexibility index (Phi) is 7.32. The third-order valence-electron chi connectivity index (χ3n) is 5.82. The van der Waals surface area contributed by atoms with Gasteiger partial charge in [-0.15, -0.1) is 0 Å². The van der Waals surface area contributed by atoms with E-state index < -0.39 is 0 Å². The summed E-state index contributed by atoms with van der Waals surface area (Å²) in [6.45, 7) is 2.80. The van der Waals surface area contributed by atoms with Crippen molar-refractivity contribution in [3.8, 4) is 5.75 Å². The Bertz CT molecular complexity index is 964. The van der Waals surface area contributed by atoms with Gasteiger partial charge in [0.15, 0.2) is 0 Å². The Morgan fingerprint density at radius 2 is 1.71 bits per heavy atom. The summed E-state index contributed by atoms with van der Waals surface area (Å²) in [6, 6.07) is 20.4. The number of hydrogen-bond acceptors (Lipinski definition) is 4. The first kappa shape index (κ1) is 21.1. The second-order valence-electron chi connectivity index (χ2n) is 8.19. The molecule has 31 heavy (non-hydrogen) atoms. The summed E-state index contributed by atoms with van der Waals surface area (Å²) in [5.41, 5.74) is 4.64. The van der Waals surface area contributed by atoms with Crippen LogP contribution in [0.4, 0.5) is 5.69 Å². The molecule has 4 nitrogen and oxygen atoms in total. The zero-order valence-electron chi connectivity index (χ0n) is 18.0. The number of rotatable bonds is 9. The molecule has 0 aliphatic carbocycles. The van der Waals surface area contributed by atoms with Gasteiger partial charge in [0.1, 0.15) is 18.1 Å². The summed E-state index contributed by atoms with van der Waals surface area (Å²) in [5.74, 6) is 1.08. The van der Waals surface area contributed by atoms with E-state index in [-0.39, 0.29) is 5.78 Å². The number of ether oxygens (including phenoxy) is 1. The Hall–Kier alpha value is -3.14. The number of hydrogen-bond donors (Lipinski definition) is 0. The average molecular weight is 415 g/mol. The number of benzene rings is 2. The quantitative estimate of drug-likeness (QED) is 0.470. The normalized spacial score (nSPS) is 13.7. The van der Waals surface area contributed by atoms with Gasteiger partial charge in [0.25, 0.3) is 0 Å². The second-order valence-corrected chi connectivity index (χ2v) is 8.19. The number of para-hydroxylation sites is 1. The van der Waals surface area contributed by atoms with Gasteiger partial charge in [0.2, 0.25) is 0 Å². The highest BCUT2D eigenvalue weighted by atomic mass is 16.5. The highest BCUT2D eigenvalue weighted by molar-refractivity contribution is 5.81. The van der Waals surface area contributed by atoms with Crippen molar-refractivity contribution < 1.29 is 9.53 Å². The van der Waals surface area contributed by atoms with Crippen LogP contribution in [0.25, 0.3) is 0 Å². The van der Waals surface area contributed by atoms with E-state index in [9.17, 15) is 4.79 Å². The summed E-state index contributed by atoms with van der Waals surface area (Å²) >= 11 is 0. The third kappa shape index (κ3) is 6.17. The predicted molar refractivity (Wildman–Crippen MR) is 125 cm³/mol. The van der Waals surface area contributed by atoms with Crippen molar-refractivity contribution in [2.45, 2.75) is 45.1 Å². The minimum Gasteiger partial charge on any atom is -0.489 e. The van der Waals surface area contributed by atoms with E-state index in [1.54, 1.807) is 6.20 Å². The van der Waals surface area contributed by atoms with Crippen molar-refractivity contribution in [3.05, 3.63) is 89.7 Å². The topological polar surface area (TPSA) is 42.4 Å². The van der Waals surface area contributed by atoms with Crippen LogP contribution in [0.15, 0.2) is 73.1 Å². The van der Waals surface area contributed by atoms with Crippen LogP contribution in [-0.4, -0.2) is 23.9 Å². The lowest BCUT2D eigenvalue weighted by Crippen LogP contribution is -2.30. The fraction of sp³-hybridized carbons (Fsp3) is 0.333. The molecule has 0 radical (unpaired) electrons. The van der Waals surface area contributed by atoms with E-state index in [1.807, 2.05) is 42.6 Å². The van der Waals surface area contributed by atoms with Gasteiger partial charge in [0, 0.05) is 49.6 Å². The van der Waals surface area contributed by atoms with Crippen molar-refractivity contribution >= 4 is 11.5 Å². The largest absolute Gasteiger partial charge is 0.489 e. The predicted octanol–water partition coefficient (Wildman–Crippen LogP) is 5.40. The van der Waals surface area contributed by atoms with E-state index in [0.29, 0.717) is 19.4 Å². The van der Waals surface area contributed by atoms with Crippen molar-refractivity contribution in [3.63, 3.8) is 0 Å². The fourth-order valence-corrected chi connectivity index (χ4v) is 4.09. The molecular formula is C27H30N2O2. The van der Waals surface area contributed by atoms with E-state index in [2.05, 4.69) is 34.1 Å². The van der Waals surface area contributed by atoms with Gasteiger partial charge in [-0.2, -0.15) is 0 Å². The first-order valence-electron chi connectivity index (χ1n) is 11.2. The number of anilines is 1. The molecule has 160 valence electrons. The lowest BCUT2D eigenvalue weighted by molar-refractivity contribution is -0.118. The molecule has 0 saturated carbocycles. The van der Waals surface area contributed by atoms with Crippen LogP contribution in [0.5, 0.6) is 5.75 Å². The molecule has 1 aromatic heterocycles. The maximum absolute atomic E-state index is 12.3. The Morgan fingerprint density at radius 1 is 0.903 bits per heavy atom. The number of carbonyl (C=O) groups is 1. The van der Waals surface area contributed by atoms with Crippen LogP contribution in [0.1, 0.15) is 42.4 Å². The number of Topliss-reactive ketones (excluding diaryl/α,β-unsaturated/α-hetero) is 1. The highest BCUT2D eigenvalue weighted by Crippen LogP contribution is 2.25. The lowest BCUT2D eigenvalue weighted by Gasteiger charge is -2.30. The van der Waals surface area contributed by atoms with E-state index in [1.165, 1.54) is 30.5 Å². The molecule has 0 bridgehead atoms. The number of carbonyl (C=O) groups excluding carboxylic acids is 1. The molecule has 0 spiro atoms. The van der Waals surface area contributed by atoms with Gasteiger partial charge in [-0.25, -0.2) is 0 Å². The molecule has 2 aromatic carbocycles. The monoisotopic (exact) mass is 414 g/mol. The van der Waals surface area contributed by atoms with Crippen molar-refractivity contribution in [1.82, 2.24) is 4.98 Å². The number of pyridine rings is 1. The first-order chi connectivity index (χ1) is 15.3.